The molecule has 3 aromatic rings. The zero-order chi connectivity index (χ0) is 17.1. The van der Waals surface area contributed by atoms with Crippen molar-refractivity contribution in [3.8, 4) is 0 Å². The Balaban J connectivity index is 1.92. The van der Waals surface area contributed by atoms with Gasteiger partial charge in [-0.15, -0.1) is 5.10 Å². The number of hydrogen-bond acceptors (Lipinski definition) is 6. The first-order valence-electron chi connectivity index (χ1n) is 7.94. The predicted molar refractivity (Wildman–Crippen MR) is 97.7 cm³/mol. The standard InChI is InChI=1S/C16H21N7S/c1-10(2)12-5-3-11(4-6-12)9-23-15-13(21-22-23)14(18-8-7-17)19-16(24)20-15/h3-6,10H,7-9,17H2,1-2H3,(H2,18,19,20,24). The number of rotatable bonds is 6. The molecule has 0 unspecified atom stereocenters. The summed E-state index contributed by atoms with van der Waals surface area (Å²) >= 11 is 5.21. The molecule has 0 spiro atoms. The van der Waals surface area contributed by atoms with Gasteiger partial charge in [0.05, 0.1) is 6.54 Å². The van der Waals surface area contributed by atoms with Gasteiger partial charge in [-0.05, 0) is 29.3 Å². The van der Waals surface area contributed by atoms with Gasteiger partial charge < -0.3 is 16.0 Å². The first-order chi connectivity index (χ1) is 11.6. The molecular weight excluding hydrogens is 322 g/mol. The van der Waals surface area contributed by atoms with E-state index < -0.39 is 0 Å². The molecule has 126 valence electrons. The maximum absolute atomic E-state index is 5.54. The van der Waals surface area contributed by atoms with Crippen LogP contribution in [0, 0.1) is 4.77 Å². The number of hydrogen-bond donors (Lipinski definition) is 3. The van der Waals surface area contributed by atoms with E-state index in [2.05, 4.69) is 63.7 Å². The molecule has 0 bridgehead atoms. The third-order valence-corrected chi connectivity index (χ3v) is 4.00. The van der Waals surface area contributed by atoms with E-state index in [1.54, 1.807) is 4.68 Å². The number of H-pyrrole nitrogens is 1. The number of anilines is 1. The van der Waals surface area contributed by atoms with E-state index >= 15 is 0 Å². The van der Waals surface area contributed by atoms with Gasteiger partial charge in [0.1, 0.15) is 5.82 Å². The van der Waals surface area contributed by atoms with Gasteiger partial charge in [-0.1, -0.05) is 43.3 Å². The van der Waals surface area contributed by atoms with Crippen molar-refractivity contribution in [1.82, 2.24) is 25.0 Å². The van der Waals surface area contributed by atoms with Crippen LogP contribution in [0.25, 0.3) is 11.2 Å². The number of nitrogens with one attached hydrogen (secondary N) is 2. The van der Waals surface area contributed by atoms with Crippen molar-refractivity contribution in [3.63, 3.8) is 0 Å². The predicted octanol–water partition coefficient (Wildman–Crippen LogP) is 2.43. The lowest BCUT2D eigenvalue weighted by Crippen LogP contribution is -2.14. The van der Waals surface area contributed by atoms with Gasteiger partial charge in [0, 0.05) is 13.1 Å². The van der Waals surface area contributed by atoms with Crippen molar-refractivity contribution >= 4 is 29.2 Å². The molecule has 0 fully saturated rings. The van der Waals surface area contributed by atoms with Crippen molar-refractivity contribution < 1.29 is 0 Å². The summed E-state index contributed by atoms with van der Waals surface area (Å²) in [5.74, 6) is 1.22. The van der Waals surface area contributed by atoms with Crippen LogP contribution in [0.15, 0.2) is 24.3 Å². The van der Waals surface area contributed by atoms with Crippen LogP contribution in [0.1, 0.15) is 30.9 Å². The van der Waals surface area contributed by atoms with Gasteiger partial charge in [-0.2, -0.15) is 4.98 Å². The summed E-state index contributed by atoms with van der Waals surface area (Å²) in [5.41, 5.74) is 9.32. The topological polar surface area (TPSA) is 97.4 Å². The molecule has 0 aliphatic heterocycles. The Morgan fingerprint density at radius 1 is 1.29 bits per heavy atom. The molecule has 3 rings (SSSR count). The minimum Gasteiger partial charge on any atom is -0.368 e. The van der Waals surface area contributed by atoms with E-state index in [1.807, 2.05) is 0 Å². The number of aromatic nitrogens is 5. The lowest BCUT2D eigenvalue weighted by Gasteiger charge is -2.08. The first-order valence-corrected chi connectivity index (χ1v) is 8.35. The van der Waals surface area contributed by atoms with Crippen LogP contribution < -0.4 is 11.1 Å². The molecule has 4 N–H and O–H groups in total. The van der Waals surface area contributed by atoms with Crippen LogP contribution in [0.4, 0.5) is 5.82 Å². The quantitative estimate of drug-likeness (QED) is 0.595. The third-order valence-electron chi connectivity index (χ3n) is 3.81. The van der Waals surface area contributed by atoms with E-state index in [1.165, 1.54) is 5.56 Å². The zero-order valence-electron chi connectivity index (χ0n) is 13.8. The highest BCUT2D eigenvalue weighted by atomic mass is 32.1. The summed E-state index contributed by atoms with van der Waals surface area (Å²) in [6.07, 6.45) is 0. The Kier molecular flexibility index (Phi) is 4.86. The summed E-state index contributed by atoms with van der Waals surface area (Å²) in [6.45, 7) is 6.09. The molecule has 0 saturated carbocycles. The van der Waals surface area contributed by atoms with Crippen molar-refractivity contribution in [2.24, 2.45) is 5.73 Å². The monoisotopic (exact) mass is 343 g/mol. The van der Waals surface area contributed by atoms with Crippen molar-refractivity contribution in [3.05, 3.63) is 40.2 Å². The van der Waals surface area contributed by atoms with Gasteiger partial charge in [-0.25, -0.2) is 4.68 Å². The van der Waals surface area contributed by atoms with Crippen molar-refractivity contribution in [2.75, 3.05) is 18.4 Å². The van der Waals surface area contributed by atoms with Crippen LogP contribution in [-0.2, 0) is 6.54 Å². The maximum atomic E-state index is 5.54. The normalized spacial score (nSPS) is 11.3. The zero-order valence-corrected chi connectivity index (χ0v) is 14.6. The largest absolute Gasteiger partial charge is 0.368 e. The minimum atomic E-state index is 0.390. The highest BCUT2D eigenvalue weighted by Crippen LogP contribution is 2.19. The van der Waals surface area contributed by atoms with E-state index in [0.29, 0.717) is 47.3 Å². The van der Waals surface area contributed by atoms with E-state index in [4.69, 9.17) is 18.0 Å². The number of benzene rings is 1. The number of nitrogens with zero attached hydrogens (tertiary/aromatic N) is 4. The Labute approximate surface area is 145 Å². The van der Waals surface area contributed by atoms with Gasteiger partial charge in [0.25, 0.3) is 0 Å². The van der Waals surface area contributed by atoms with E-state index in [0.717, 1.165) is 5.56 Å². The van der Waals surface area contributed by atoms with Crippen molar-refractivity contribution in [1.29, 1.82) is 0 Å². The fourth-order valence-corrected chi connectivity index (χ4v) is 2.67. The molecule has 24 heavy (non-hydrogen) atoms. The molecule has 0 aliphatic rings. The Morgan fingerprint density at radius 2 is 2.04 bits per heavy atom. The summed E-state index contributed by atoms with van der Waals surface area (Å²) < 4.78 is 2.15. The maximum Gasteiger partial charge on any atom is 0.200 e. The Bertz CT molecular complexity index is 880. The molecule has 0 radical (unpaired) electrons. The van der Waals surface area contributed by atoms with E-state index in [-0.39, 0.29) is 0 Å². The molecule has 0 amide bonds. The molecule has 1 aromatic carbocycles. The highest BCUT2D eigenvalue weighted by Gasteiger charge is 2.12. The second-order valence-electron chi connectivity index (χ2n) is 5.95. The SMILES string of the molecule is CC(C)c1ccc(Cn2nnc3c(NCCN)[nH]c(=S)nc32)cc1. The number of aromatic amines is 1. The number of fused-ring (bicyclic) bond motifs is 1. The smallest absolute Gasteiger partial charge is 0.200 e. The second kappa shape index (κ2) is 7.06. The lowest BCUT2D eigenvalue weighted by atomic mass is 10.0. The second-order valence-corrected chi connectivity index (χ2v) is 6.33. The van der Waals surface area contributed by atoms with Crippen molar-refractivity contribution in [2.45, 2.75) is 26.3 Å². The highest BCUT2D eigenvalue weighted by molar-refractivity contribution is 7.71. The van der Waals surface area contributed by atoms with Gasteiger partial charge in [0.2, 0.25) is 4.77 Å². The van der Waals surface area contributed by atoms with Crippen LogP contribution in [0.3, 0.4) is 0 Å². The molecule has 2 aromatic heterocycles. The average molecular weight is 343 g/mol. The van der Waals surface area contributed by atoms with Gasteiger partial charge >= 0.3 is 0 Å². The third kappa shape index (κ3) is 3.44. The Hall–Kier alpha value is -2.32. The summed E-state index contributed by atoms with van der Waals surface area (Å²) in [6, 6.07) is 8.51. The summed E-state index contributed by atoms with van der Waals surface area (Å²) in [7, 11) is 0. The molecule has 8 heteroatoms. The van der Waals surface area contributed by atoms with Crippen LogP contribution in [0.2, 0.25) is 0 Å². The minimum absolute atomic E-state index is 0.390. The molecule has 2 heterocycles. The summed E-state index contributed by atoms with van der Waals surface area (Å²) in [4.78, 5) is 7.38. The lowest BCUT2D eigenvalue weighted by molar-refractivity contribution is 0.663. The molecular formula is C16H21N7S. The van der Waals surface area contributed by atoms with Crippen LogP contribution >= 0.6 is 12.2 Å². The fraction of sp³-hybridized carbons (Fsp3) is 0.375. The van der Waals surface area contributed by atoms with Gasteiger partial charge in [-0.3, -0.25) is 0 Å². The van der Waals surface area contributed by atoms with Crippen LogP contribution in [-0.4, -0.2) is 38.1 Å². The average Bonchev–Trinajstić information content (AvgIpc) is 2.96. The fourth-order valence-electron chi connectivity index (χ4n) is 2.48. The molecule has 0 atom stereocenters. The first kappa shape index (κ1) is 16.5. The molecule has 7 nitrogen and oxygen atoms in total. The van der Waals surface area contributed by atoms with Gasteiger partial charge in [0.15, 0.2) is 11.2 Å². The Morgan fingerprint density at radius 3 is 2.71 bits per heavy atom. The number of nitrogens with two attached hydrogens (primary N) is 1. The van der Waals surface area contributed by atoms with Crippen LogP contribution in [0.5, 0.6) is 0 Å². The summed E-state index contributed by atoms with van der Waals surface area (Å²) in [5, 5.41) is 11.6. The molecule has 0 aliphatic carbocycles. The molecule has 0 saturated heterocycles. The van der Waals surface area contributed by atoms with E-state index in [9.17, 15) is 0 Å².